The summed E-state index contributed by atoms with van der Waals surface area (Å²) in [5.41, 5.74) is 0.442. The van der Waals surface area contributed by atoms with Crippen LogP contribution in [0.1, 0.15) is 16.8 Å². The van der Waals surface area contributed by atoms with Crippen molar-refractivity contribution in [3.8, 4) is 11.8 Å². The normalized spacial score (nSPS) is 9.21. The van der Waals surface area contributed by atoms with Crippen LogP contribution in [0.5, 0.6) is 5.75 Å². The van der Waals surface area contributed by atoms with Gasteiger partial charge in [0.1, 0.15) is 5.75 Å². The van der Waals surface area contributed by atoms with E-state index in [2.05, 4.69) is 15.9 Å². The van der Waals surface area contributed by atoms with E-state index >= 15 is 0 Å². The lowest BCUT2D eigenvalue weighted by atomic mass is 10.1. The molecule has 0 aliphatic heterocycles. The van der Waals surface area contributed by atoms with E-state index in [1.54, 1.807) is 18.2 Å². The Morgan fingerprint density at radius 3 is 2.93 bits per heavy atom. The molecule has 0 fully saturated rings. The molecule has 0 aliphatic rings. The molecule has 0 atom stereocenters. The Kier molecular flexibility index (Phi) is 3.66. The van der Waals surface area contributed by atoms with Crippen LogP contribution in [-0.2, 0) is 0 Å². The van der Waals surface area contributed by atoms with Crippen molar-refractivity contribution in [1.82, 2.24) is 0 Å². The van der Waals surface area contributed by atoms with Crippen molar-refractivity contribution < 1.29 is 9.53 Å². The molecule has 0 saturated carbocycles. The Balaban J connectivity index is 3.09. The zero-order valence-corrected chi connectivity index (χ0v) is 9.17. The third-order valence-corrected chi connectivity index (χ3v) is 2.20. The second-order valence-corrected chi connectivity index (χ2v) is 3.52. The average Bonchev–Trinajstić information content (AvgIpc) is 2.17. The molecule has 4 heteroatoms. The summed E-state index contributed by atoms with van der Waals surface area (Å²) in [5, 5.41) is 8.40. The fourth-order valence-electron chi connectivity index (χ4n) is 1.06. The molecular weight excluding hydrogens is 246 g/mol. The van der Waals surface area contributed by atoms with Gasteiger partial charge in [-0.15, -0.1) is 0 Å². The number of ketones is 1. The summed E-state index contributed by atoms with van der Waals surface area (Å²) in [5.74, 6) is 0.261. The molecule has 0 unspecified atom stereocenters. The number of ether oxygens (including phenoxy) is 1. The third-order valence-electron chi connectivity index (χ3n) is 1.70. The molecule has 0 saturated heterocycles. The maximum atomic E-state index is 11.4. The van der Waals surface area contributed by atoms with Crippen LogP contribution < -0.4 is 4.74 Å². The van der Waals surface area contributed by atoms with Gasteiger partial charge < -0.3 is 4.74 Å². The van der Waals surface area contributed by atoms with Gasteiger partial charge in [0.25, 0.3) is 0 Å². The van der Waals surface area contributed by atoms with Crippen LogP contribution in [0.3, 0.4) is 0 Å². The van der Waals surface area contributed by atoms with Gasteiger partial charge in [-0.2, -0.15) is 5.26 Å². The predicted molar refractivity (Wildman–Crippen MR) is 55.3 cm³/mol. The molecule has 14 heavy (non-hydrogen) atoms. The van der Waals surface area contributed by atoms with Gasteiger partial charge in [0.15, 0.2) is 5.78 Å². The maximum absolute atomic E-state index is 11.4. The molecule has 72 valence electrons. The molecule has 3 nitrogen and oxygen atoms in total. The van der Waals surface area contributed by atoms with Crippen LogP contribution in [0.4, 0.5) is 0 Å². The van der Waals surface area contributed by atoms with E-state index in [1.165, 1.54) is 7.11 Å². The summed E-state index contributed by atoms with van der Waals surface area (Å²) in [6.45, 7) is 0. The van der Waals surface area contributed by atoms with Crippen LogP contribution in [0.2, 0.25) is 0 Å². The number of hydrogen-bond acceptors (Lipinski definition) is 3. The van der Waals surface area contributed by atoms with E-state index < -0.39 is 0 Å². The van der Waals surface area contributed by atoms with Crippen molar-refractivity contribution in [3.05, 3.63) is 28.2 Å². The van der Waals surface area contributed by atoms with Gasteiger partial charge in [0, 0.05) is 4.47 Å². The topological polar surface area (TPSA) is 50.1 Å². The number of carbonyl (C=O) groups is 1. The summed E-state index contributed by atoms with van der Waals surface area (Å²) in [4.78, 5) is 11.4. The van der Waals surface area contributed by atoms with Crippen molar-refractivity contribution in [2.24, 2.45) is 0 Å². The monoisotopic (exact) mass is 253 g/mol. The number of benzene rings is 1. The van der Waals surface area contributed by atoms with Gasteiger partial charge >= 0.3 is 0 Å². The Bertz CT molecular complexity index is 396. The van der Waals surface area contributed by atoms with E-state index in [0.29, 0.717) is 11.3 Å². The van der Waals surface area contributed by atoms with Crippen LogP contribution in [-0.4, -0.2) is 12.9 Å². The first-order valence-electron chi connectivity index (χ1n) is 3.92. The summed E-state index contributed by atoms with van der Waals surface area (Å²) in [6.07, 6.45) is -0.127. The molecule has 0 radical (unpaired) electrons. The van der Waals surface area contributed by atoms with Crippen LogP contribution in [0, 0.1) is 11.3 Å². The molecule has 1 aromatic carbocycles. The van der Waals surface area contributed by atoms with Gasteiger partial charge in [0.2, 0.25) is 0 Å². The molecule has 0 aromatic heterocycles. The van der Waals surface area contributed by atoms with Crippen LogP contribution >= 0.6 is 15.9 Å². The van der Waals surface area contributed by atoms with E-state index in [4.69, 9.17) is 10.00 Å². The first-order valence-corrected chi connectivity index (χ1v) is 4.72. The Hall–Kier alpha value is -1.34. The number of hydrogen-bond donors (Lipinski definition) is 0. The third kappa shape index (κ3) is 2.33. The van der Waals surface area contributed by atoms with Crippen molar-refractivity contribution in [2.45, 2.75) is 6.42 Å². The molecule has 1 aromatic rings. The molecule has 0 heterocycles. The highest BCUT2D eigenvalue weighted by Crippen LogP contribution is 2.24. The summed E-state index contributed by atoms with van der Waals surface area (Å²) >= 11 is 3.27. The smallest absolute Gasteiger partial charge is 0.180 e. The van der Waals surface area contributed by atoms with Gasteiger partial charge in [-0.25, -0.2) is 0 Å². The Morgan fingerprint density at radius 1 is 1.64 bits per heavy atom. The second kappa shape index (κ2) is 4.77. The van der Waals surface area contributed by atoms with Crippen LogP contribution in [0.15, 0.2) is 22.7 Å². The van der Waals surface area contributed by atoms with Gasteiger partial charge in [-0.3, -0.25) is 4.79 Å². The highest BCUT2D eigenvalue weighted by molar-refractivity contribution is 9.10. The lowest BCUT2D eigenvalue weighted by Crippen LogP contribution is -2.00. The molecule has 0 bridgehead atoms. The van der Waals surface area contributed by atoms with E-state index in [1.807, 2.05) is 6.07 Å². The number of rotatable bonds is 3. The molecular formula is C10H8BrNO2. The lowest BCUT2D eigenvalue weighted by Gasteiger charge is -2.05. The summed E-state index contributed by atoms with van der Waals surface area (Å²) < 4.78 is 5.87. The zero-order valence-electron chi connectivity index (χ0n) is 7.58. The van der Waals surface area contributed by atoms with Gasteiger partial charge in [0.05, 0.1) is 25.2 Å². The first kappa shape index (κ1) is 10.7. The van der Waals surface area contributed by atoms with E-state index in [9.17, 15) is 4.79 Å². The Labute approximate surface area is 90.4 Å². The number of carbonyl (C=O) groups excluding carboxylic acids is 1. The van der Waals surface area contributed by atoms with Gasteiger partial charge in [-0.05, 0) is 18.2 Å². The summed E-state index contributed by atoms with van der Waals surface area (Å²) in [6, 6.07) is 6.90. The molecule has 0 spiro atoms. The number of Topliss-reactive ketones (excluding diaryl/α,β-unsaturated/α-hetero) is 1. The maximum Gasteiger partial charge on any atom is 0.180 e. The highest BCUT2D eigenvalue weighted by atomic mass is 79.9. The van der Waals surface area contributed by atoms with E-state index in [-0.39, 0.29) is 12.2 Å². The summed E-state index contributed by atoms with van der Waals surface area (Å²) in [7, 11) is 1.49. The van der Waals surface area contributed by atoms with Gasteiger partial charge in [-0.1, -0.05) is 15.9 Å². The Morgan fingerprint density at radius 2 is 2.36 bits per heavy atom. The first-order chi connectivity index (χ1) is 6.69. The van der Waals surface area contributed by atoms with E-state index in [0.717, 1.165) is 4.47 Å². The quantitative estimate of drug-likeness (QED) is 0.779. The number of halogens is 1. The number of methoxy groups -OCH3 is 1. The minimum Gasteiger partial charge on any atom is -0.496 e. The SMILES string of the molecule is COc1cc(Br)ccc1C(=O)CC#N. The lowest BCUT2D eigenvalue weighted by molar-refractivity contribution is 0.0995. The zero-order chi connectivity index (χ0) is 10.6. The average molecular weight is 254 g/mol. The number of nitriles is 1. The predicted octanol–water partition coefficient (Wildman–Crippen LogP) is 2.55. The fourth-order valence-corrected chi connectivity index (χ4v) is 1.40. The van der Waals surface area contributed by atoms with Crippen molar-refractivity contribution in [2.75, 3.05) is 7.11 Å². The van der Waals surface area contributed by atoms with Crippen molar-refractivity contribution >= 4 is 21.7 Å². The van der Waals surface area contributed by atoms with Crippen molar-refractivity contribution in [3.63, 3.8) is 0 Å². The fraction of sp³-hybridized carbons (Fsp3) is 0.200. The standard InChI is InChI=1S/C10H8BrNO2/c1-14-10-6-7(11)2-3-8(10)9(13)4-5-12/h2-3,6H,4H2,1H3. The highest BCUT2D eigenvalue weighted by Gasteiger charge is 2.11. The minimum atomic E-state index is -0.225. The molecule has 0 N–H and O–H groups in total. The molecule has 0 aliphatic carbocycles. The minimum absolute atomic E-state index is 0.127. The number of nitrogens with zero attached hydrogens (tertiary/aromatic N) is 1. The second-order valence-electron chi connectivity index (χ2n) is 2.60. The largest absolute Gasteiger partial charge is 0.496 e. The van der Waals surface area contributed by atoms with Crippen molar-refractivity contribution in [1.29, 1.82) is 5.26 Å². The molecule has 0 amide bonds. The van der Waals surface area contributed by atoms with Crippen LogP contribution in [0.25, 0.3) is 0 Å². The molecule has 1 rings (SSSR count).